The van der Waals surface area contributed by atoms with Crippen molar-refractivity contribution in [2.24, 2.45) is 5.92 Å². The fourth-order valence-electron chi connectivity index (χ4n) is 3.83. The maximum atomic E-state index is 14.1. The van der Waals surface area contributed by atoms with Gasteiger partial charge in [0, 0.05) is 42.7 Å². The van der Waals surface area contributed by atoms with Crippen LogP contribution < -0.4 is 4.90 Å². The third kappa shape index (κ3) is 3.72. The molecule has 1 amide bonds. The van der Waals surface area contributed by atoms with E-state index in [-0.39, 0.29) is 23.6 Å². The van der Waals surface area contributed by atoms with Crippen LogP contribution in [0.2, 0.25) is 10.0 Å². The molecule has 0 spiro atoms. The van der Waals surface area contributed by atoms with Crippen molar-refractivity contribution in [1.82, 2.24) is 4.90 Å². The summed E-state index contributed by atoms with van der Waals surface area (Å²) in [5.41, 5.74) is 2.63. The zero-order valence-electron chi connectivity index (χ0n) is 14.9. The van der Waals surface area contributed by atoms with Gasteiger partial charge in [-0.2, -0.15) is 0 Å². The fourth-order valence-corrected chi connectivity index (χ4v) is 4.14. The van der Waals surface area contributed by atoms with Crippen LogP contribution in [-0.4, -0.2) is 37.0 Å². The molecule has 2 aliphatic rings. The molecule has 4 rings (SSSR count). The van der Waals surface area contributed by atoms with E-state index in [1.165, 1.54) is 6.07 Å². The number of carbonyl (C=O) groups is 1. The molecule has 0 unspecified atom stereocenters. The number of hydrogen-bond donors (Lipinski definition) is 0. The Hall–Kier alpha value is -1.96. The molecule has 0 N–H and O–H groups in total. The number of carbonyl (C=O) groups excluding carboxylic acids is 1. The van der Waals surface area contributed by atoms with Gasteiger partial charge in [0.2, 0.25) is 5.91 Å². The van der Waals surface area contributed by atoms with Crippen LogP contribution in [-0.2, 0) is 4.79 Å². The first kappa shape index (κ1) is 18.4. The van der Waals surface area contributed by atoms with Gasteiger partial charge in [-0.05, 0) is 49.1 Å². The lowest BCUT2D eigenvalue weighted by Gasteiger charge is -2.36. The van der Waals surface area contributed by atoms with Crippen molar-refractivity contribution in [1.29, 1.82) is 0 Å². The number of nitrogens with zero attached hydrogens (tertiary/aromatic N) is 2. The van der Waals surface area contributed by atoms with Crippen molar-refractivity contribution in [3.8, 4) is 0 Å². The summed E-state index contributed by atoms with van der Waals surface area (Å²) in [6, 6.07) is 12.5. The Bertz CT molecular complexity index is 880. The van der Waals surface area contributed by atoms with E-state index in [1.54, 1.807) is 12.1 Å². The lowest BCUT2D eigenvalue weighted by atomic mass is 10.1. The molecule has 6 heteroatoms. The minimum Gasteiger partial charge on any atom is -0.367 e. The van der Waals surface area contributed by atoms with Gasteiger partial charge in [-0.3, -0.25) is 4.79 Å². The van der Waals surface area contributed by atoms with Gasteiger partial charge >= 0.3 is 0 Å². The first-order valence-corrected chi connectivity index (χ1v) is 9.78. The summed E-state index contributed by atoms with van der Waals surface area (Å²) in [5, 5.41) is 0.918. The number of hydrogen-bond acceptors (Lipinski definition) is 2. The maximum absolute atomic E-state index is 14.1. The molecule has 2 atom stereocenters. The number of piperazine rings is 1. The molecule has 0 aromatic heterocycles. The summed E-state index contributed by atoms with van der Waals surface area (Å²) in [4.78, 5) is 16.9. The zero-order chi connectivity index (χ0) is 19.1. The molecule has 1 aliphatic carbocycles. The second-order valence-electron chi connectivity index (χ2n) is 7.18. The molecule has 2 aromatic carbocycles. The van der Waals surface area contributed by atoms with Gasteiger partial charge in [0.05, 0.1) is 10.7 Å². The Morgan fingerprint density at radius 3 is 2.59 bits per heavy atom. The SMILES string of the molecule is Cc1c#cc(Cl)cc1N1CCN(C(=O)[C@H]2C[C@H]2c2ccc(Cl)cc2F)CC1. The number of anilines is 1. The molecular formula is C21H19Cl2FN2O. The zero-order valence-corrected chi connectivity index (χ0v) is 16.4. The van der Waals surface area contributed by atoms with Gasteiger partial charge in [-0.15, -0.1) is 0 Å². The average molecular weight is 405 g/mol. The van der Waals surface area contributed by atoms with Gasteiger partial charge in [0.15, 0.2) is 0 Å². The molecule has 1 saturated heterocycles. The van der Waals surface area contributed by atoms with Crippen LogP contribution >= 0.6 is 23.2 Å². The molecule has 1 aliphatic heterocycles. The molecule has 27 heavy (non-hydrogen) atoms. The third-order valence-corrected chi connectivity index (χ3v) is 5.86. The molecule has 1 saturated carbocycles. The predicted octanol–water partition coefficient (Wildman–Crippen LogP) is 4.49. The molecule has 140 valence electrons. The van der Waals surface area contributed by atoms with Crippen molar-refractivity contribution < 1.29 is 9.18 Å². The van der Waals surface area contributed by atoms with E-state index in [9.17, 15) is 9.18 Å². The number of rotatable bonds is 3. The first-order valence-electron chi connectivity index (χ1n) is 9.03. The van der Waals surface area contributed by atoms with Gasteiger partial charge < -0.3 is 9.80 Å². The monoisotopic (exact) mass is 404 g/mol. The summed E-state index contributed by atoms with van der Waals surface area (Å²) in [5.74, 6) is -0.356. The standard InChI is InChI=1S/C21H19Cl2FN2O/c1-13-2-3-15(23)11-20(13)25-6-8-26(9-7-25)21(27)18-12-17(18)16-5-4-14(22)10-19(16)24/h4-5,10-11,17-18H,6-9,12H2,1H3/t17-,18-/m0/s1. The Kier molecular flexibility index (Phi) is 4.92. The van der Waals surface area contributed by atoms with E-state index in [4.69, 9.17) is 23.2 Å². The van der Waals surface area contributed by atoms with Crippen LogP contribution in [0.4, 0.5) is 10.1 Å². The molecular weight excluding hydrogens is 386 g/mol. The Morgan fingerprint density at radius 2 is 1.89 bits per heavy atom. The lowest BCUT2D eigenvalue weighted by molar-refractivity contribution is -0.132. The highest BCUT2D eigenvalue weighted by Crippen LogP contribution is 2.49. The van der Waals surface area contributed by atoms with E-state index in [1.807, 2.05) is 17.9 Å². The summed E-state index contributed by atoms with van der Waals surface area (Å²) < 4.78 is 14.1. The second-order valence-corrected chi connectivity index (χ2v) is 8.02. The minimum atomic E-state index is -0.322. The second kappa shape index (κ2) is 7.22. The largest absolute Gasteiger partial charge is 0.367 e. The van der Waals surface area contributed by atoms with Crippen molar-refractivity contribution in [3.63, 3.8) is 0 Å². The normalized spacial score (nSPS) is 21.8. The van der Waals surface area contributed by atoms with Crippen LogP contribution in [0.5, 0.6) is 0 Å². The smallest absolute Gasteiger partial charge is 0.226 e. The number of halogens is 3. The Balaban J connectivity index is 1.38. The van der Waals surface area contributed by atoms with Crippen molar-refractivity contribution >= 4 is 34.8 Å². The Morgan fingerprint density at radius 1 is 1.15 bits per heavy atom. The summed E-state index contributed by atoms with van der Waals surface area (Å²) in [7, 11) is 0. The molecule has 0 radical (unpaired) electrons. The van der Waals surface area contributed by atoms with Gasteiger partial charge in [-0.25, -0.2) is 4.39 Å². The molecule has 2 fully saturated rings. The number of amides is 1. The van der Waals surface area contributed by atoms with Gasteiger partial charge in [0.25, 0.3) is 0 Å². The topological polar surface area (TPSA) is 23.6 Å². The Labute approximate surface area is 168 Å². The highest BCUT2D eigenvalue weighted by Gasteiger charge is 2.47. The van der Waals surface area contributed by atoms with Crippen molar-refractivity contribution in [3.05, 3.63) is 63.4 Å². The number of benzene rings is 1. The van der Waals surface area contributed by atoms with Crippen LogP contribution in [0.3, 0.4) is 0 Å². The van der Waals surface area contributed by atoms with E-state index in [2.05, 4.69) is 17.0 Å². The third-order valence-electron chi connectivity index (χ3n) is 5.42. The van der Waals surface area contributed by atoms with E-state index in [0.717, 1.165) is 24.3 Å². The molecule has 2 aromatic rings. The van der Waals surface area contributed by atoms with Crippen molar-refractivity contribution in [2.45, 2.75) is 19.3 Å². The summed E-state index contributed by atoms with van der Waals surface area (Å²) in [6.45, 7) is 4.78. The average Bonchev–Trinajstić information content (AvgIpc) is 3.44. The maximum Gasteiger partial charge on any atom is 0.226 e. The van der Waals surface area contributed by atoms with Crippen LogP contribution in [0.25, 0.3) is 0 Å². The first-order chi connectivity index (χ1) is 12.9. The lowest BCUT2D eigenvalue weighted by Crippen LogP contribution is -2.49. The van der Waals surface area contributed by atoms with Crippen LogP contribution in [0.15, 0.2) is 24.3 Å². The van der Waals surface area contributed by atoms with Crippen LogP contribution in [0, 0.1) is 30.8 Å². The van der Waals surface area contributed by atoms with Gasteiger partial charge in [0.1, 0.15) is 5.82 Å². The van der Waals surface area contributed by atoms with E-state index >= 15 is 0 Å². The molecule has 0 bridgehead atoms. The highest BCUT2D eigenvalue weighted by atomic mass is 35.5. The van der Waals surface area contributed by atoms with E-state index in [0.29, 0.717) is 35.1 Å². The molecule has 1 heterocycles. The summed E-state index contributed by atoms with van der Waals surface area (Å²) >= 11 is 11.9. The fraction of sp³-hybridized carbons (Fsp3) is 0.381. The van der Waals surface area contributed by atoms with Crippen molar-refractivity contribution in [2.75, 3.05) is 31.1 Å². The van der Waals surface area contributed by atoms with E-state index < -0.39 is 0 Å². The quantitative estimate of drug-likeness (QED) is 0.751. The highest BCUT2D eigenvalue weighted by molar-refractivity contribution is 6.30. The molecule has 3 nitrogen and oxygen atoms in total. The summed E-state index contributed by atoms with van der Waals surface area (Å²) in [6.07, 6.45) is 0.704. The van der Waals surface area contributed by atoms with Gasteiger partial charge in [-0.1, -0.05) is 35.3 Å². The predicted molar refractivity (Wildman–Crippen MR) is 105 cm³/mol. The van der Waals surface area contributed by atoms with Crippen LogP contribution in [0.1, 0.15) is 23.5 Å². The minimum absolute atomic E-state index is 0.0342.